The molecular formula is C14H23NO. The Morgan fingerprint density at radius 2 is 2.25 bits per heavy atom. The summed E-state index contributed by atoms with van der Waals surface area (Å²) in [4.78, 5) is 2.32. The molecule has 2 heteroatoms. The van der Waals surface area contributed by atoms with E-state index in [1.54, 1.807) is 0 Å². The van der Waals surface area contributed by atoms with Crippen LogP contribution in [0.5, 0.6) is 0 Å². The van der Waals surface area contributed by atoms with Crippen LogP contribution in [-0.2, 0) is 4.74 Å². The number of hydrogen-bond donors (Lipinski definition) is 0. The van der Waals surface area contributed by atoms with Gasteiger partial charge < -0.3 is 4.74 Å². The predicted octanol–water partition coefficient (Wildman–Crippen LogP) is 2.79. The topological polar surface area (TPSA) is 12.5 Å². The summed E-state index contributed by atoms with van der Waals surface area (Å²) < 4.78 is 5.38. The quantitative estimate of drug-likeness (QED) is 0.662. The van der Waals surface area contributed by atoms with Crippen molar-refractivity contribution in [3.05, 3.63) is 36.0 Å². The van der Waals surface area contributed by atoms with Gasteiger partial charge in [0.05, 0.1) is 6.61 Å². The smallest absolute Gasteiger partial charge is 0.0622 e. The molecule has 0 radical (unpaired) electrons. The Kier molecular flexibility index (Phi) is 5.50. The average Bonchev–Trinajstić information content (AvgIpc) is 2.79. The normalized spacial score (nSPS) is 22.2. The third-order valence-electron chi connectivity index (χ3n) is 3.02. The lowest BCUT2D eigenvalue weighted by molar-refractivity contribution is 0.164. The summed E-state index contributed by atoms with van der Waals surface area (Å²) in [5.74, 6) is 0. The number of likely N-dealkylation sites (N-methyl/N-ethyl adjacent to an activating group) is 1. The first-order valence-corrected chi connectivity index (χ1v) is 5.90. The SMILES string of the molecule is C=C(/C=C\C(C)=C/C)CN(C)C1CCOC1. The lowest BCUT2D eigenvalue weighted by Gasteiger charge is -2.22. The molecule has 0 aliphatic carbocycles. The second-order valence-corrected chi connectivity index (χ2v) is 4.46. The molecule has 0 amide bonds. The highest BCUT2D eigenvalue weighted by Gasteiger charge is 2.19. The molecule has 1 aliphatic heterocycles. The maximum Gasteiger partial charge on any atom is 0.0622 e. The first-order chi connectivity index (χ1) is 7.63. The fourth-order valence-corrected chi connectivity index (χ4v) is 1.72. The van der Waals surface area contributed by atoms with Gasteiger partial charge in [-0.2, -0.15) is 0 Å². The van der Waals surface area contributed by atoms with Crippen molar-refractivity contribution in [3.63, 3.8) is 0 Å². The highest BCUT2D eigenvalue weighted by Crippen LogP contribution is 2.12. The molecule has 0 bridgehead atoms. The van der Waals surface area contributed by atoms with Crippen molar-refractivity contribution in [1.82, 2.24) is 4.90 Å². The van der Waals surface area contributed by atoms with E-state index in [4.69, 9.17) is 4.74 Å². The molecular weight excluding hydrogens is 198 g/mol. The van der Waals surface area contributed by atoms with E-state index in [-0.39, 0.29) is 0 Å². The van der Waals surface area contributed by atoms with Crippen LogP contribution in [0, 0.1) is 0 Å². The van der Waals surface area contributed by atoms with Crippen LogP contribution in [0.3, 0.4) is 0 Å². The van der Waals surface area contributed by atoms with Crippen LogP contribution >= 0.6 is 0 Å². The molecule has 2 nitrogen and oxygen atoms in total. The molecule has 0 aromatic heterocycles. The Hall–Kier alpha value is -0.860. The average molecular weight is 221 g/mol. The standard InChI is InChI=1S/C14H23NO/c1-5-12(2)6-7-13(3)10-15(4)14-8-9-16-11-14/h5-7,14H,3,8-11H2,1-2,4H3/b7-6-,12-5-. The van der Waals surface area contributed by atoms with Crippen LogP contribution < -0.4 is 0 Å². The lowest BCUT2D eigenvalue weighted by Crippen LogP contribution is -2.33. The zero-order valence-corrected chi connectivity index (χ0v) is 10.7. The Labute approximate surface area is 99.3 Å². The van der Waals surface area contributed by atoms with Gasteiger partial charge in [-0.1, -0.05) is 30.4 Å². The van der Waals surface area contributed by atoms with Crippen molar-refractivity contribution < 1.29 is 4.74 Å². The number of rotatable bonds is 5. The highest BCUT2D eigenvalue weighted by atomic mass is 16.5. The summed E-state index contributed by atoms with van der Waals surface area (Å²) >= 11 is 0. The fraction of sp³-hybridized carbons (Fsp3) is 0.571. The zero-order chi connectivity index (χ0) is 12.0. The summed E-state index contributed by atoms with van der Waals surface area (Å²) in [5.41, 5.74) is 2.42. The molecule has 1 heterocycles. The van der Waals surface area contributed by atoms with Gasteiger partial charge in [0.25, 0.3) is 0 Å². The summed E-state index contributed by atoms with van der Waals surface area (Å²) in [6.45, 7) is 10.9. The second kappa shape index (κ2) is 6.66. The monoisotopic (exact) mass is 221 g/mol. The molecule has 1 rings (SSSR count). The molecule has 1 saturated heterocycles. The van der Waals surface area contributed by atoms with Gasteiger partial charge in [0.2, 0.25) is 0 Å². The zero-order valence-electron chi connectivity index (χ0n) is 10.7. The number of nitrogens with zero attached hydrogens (tertiary/aromatic N) is 1. The molecule has 0 aromatic rings. The Balaban J connectivity index is 2.35. The van der Waals surface area contributed by atoms with Gasteiger partial charge in [0.1, 0.15) is 0 Å². The van der Waals surface area contributed by atoms with E-state index in [0.29, 0.717) is 6.04 Å². The Bertz CT molecular complexity index is 285. The summed E-state index contributed by atoms with van der Waals surface area (Å²) in [7, 11) is 2.14. The predicted molar refractivity (Wildman–Crippen MR) is 69.6 cm³/mol. The third-order valence-corrected chi connectivity index (χ3v) is 3.02. The lowest BCUT2D eigenvalue weighted by atomic mass is 10.1. The summed E-state index contributed by atoms with van der Waals surface area (Å²) in [6.07, 6.45) is 7.45. The highest BCUT2D eigenvalue weighted by molar-refractivity contribution is 5.25. The minimum atomic E-state index is 0.563. The largest absolute Gasteiger partial charge is 0.380 e. The van der Waals surface area contributed by atoms with Crippen molar-refractivity contribution in [1.29, 1.82) is 0 Å². The first kappa shape index (κ1) is 13.2. The molecule has 0 spiro atoms. The van der Waals surface area contributed by atoms with Gasteiger partial charge in [0, 0.05) is 19.2 Å². The molecule has 16 heavy (non-hydrogen) atoms. The van der Waals surface area contributed by atoms with Crippen molar-refractivity contribution in [2.45, 2.75) is 26.3 Å². The van der Waals surface area contributed by atoms with Gasteiger partial charge in [-0.05, 0) is 32.9 Å². The van der Waals surface area contributed by atoms with Crippen LogP contribution in [-0.4, -0.2) is 37.7 Å². The molecule has 0 saturated carbocycles. The summed E-state index contributed by atoms with van der Waals surface area (Å²) in [5, 5.41) is 0. The van der Waals surface area contributed by atoms with E-state index in [9.17, 15) is 0 Å². The van der Waals surface area contributed by atoms with Crippen LogP contribution in [0.15, 0.2) is 36.0 Å². The third kappa shape index (κ3) is 4.33. The van der Waals surface area contributed by atoms with Crippen molar-refractivity contribution >= 4 is 0 Å². The molecule has 1 atom stereocenters. The van der Waals surface area contributed by atoms with Crippen LogP contribution in [0.4, 0.5) is 0 Å². The maximum atomic E-state index is 5.38. The second-order valence-electron chi connectivity index (χ2n) is 4.46. The fourth-order valence-electron chi connectivity index (χ4n) is 1.72. The van der Waals surface area contributed by atoms with Gasteiger partial charge >= 0.3 is 0 Å². The molecule has 1 aliphatic rings. The van der Waals surface area contributed by atoms with E-state index < -0.39 is 0 Å². The maximum absolute atomic E-state index is 5.38. The number of hydrogen-bond acceptors (Lipinski definition) is 2. The van der Waals surface area contributed by atoms with Gasteiger partial charge in [0.15, 0.2) is 0 Å². The van der Waals surface area contributed by atoms with Crippen LogP contribution in [0.2, 0.25) is 0 Å². The minimum absolute atomic E-state index is 0.563. The molecule has 1 fully saturated rings. The van der Waals surface area contributed by atoms with Gasteiger partial charge in [-0.25, -0.2) is 0 Å². The van der Waals surface area contributed by atoms with E-state index >= 15 is 0 Å². The molecule has 90 valence electrons. The van der Waals surface area contributed by atoms with E-state index in [2.05, 4.69) is 43.7 Å². The van der Waals surface area contributed by atoms with Crippen LogP contribution in [0.25, 0.3) is 0 Å². The van der Waals surface area contributed by atoms with E-state index in [1.165, 1.54) is 5.57 Å². The van der Waals surface area contributed by atoms with Gasteiger partial charge in [-0.15, -0.1) is 0 Å². The number of ether oxygens (including phenoxy) is 1. The van der Waals surface area contributed by atoms with Crippen LogP contribution in [0.1, 0.15) is 20.3 Å². The Morgan fingerprint density at radius 3 is 2.81 bits per heavy atom. The summed E-state index contributed by atoms with van der Waals surface area (Å²) in [6, 6.07) is 0.563. The molecule has 1 unspecified atom stereocenters. The molecule has 0 N–H and O–H groups in total. The van der Waals surface area contributed by atoms with Crippen molar-refractivity contribution in [2.75, 3.05) is 26.8 Å². The van der Waals surface area contributed by atoms with Crippen molar-refractivity contribution in [3.8, 4) is 0 Å². The van der Waals surface area contributed by atoms with E-state index in [1.807, 2.05) is 6.92 Å². The molecule has 0 aromatic carbocycles. The van der Waals surface area contributed by atoms with Crippen molar-refractivity contribution in [2.24, 2.45) is 0 Å². The minimum Gasteiger partial charge on any atom is -0.380 e. The Morgan fingerprint density at radius 1 is 1.50 bits per heavy atom. The number of allylic oxidation sites excluding steroid dienone is 3. The van der Waals surface area contributed by atoms with E-state index in [0.717, 1.165) is 31.8 Å². The van der Waals surface area contributed by atoms with Gasteiger partial charge in [-0.3, -0.25) is 4.90 Å². The first-order valence-electron chi connectivity index (χ1n) is 5.90.